The van der Waals surface area contributed by atoms with E-state index in [0.717, 1.165) is 28.1 Å². The van der Waals surface area contributed by atoms with Crippen LogP contribution in [0, 0.1) is 13.8 Å². The fourth-order valence-corrected chi connectivity index (χ4v) is 2.86. The number of benzene rings is 1. The third kappa shape index (κ3) is 1.96. The third-order valence-electron chi connectivity index (χ3n) is 3.60. The Morgan fingerprint density at radius 1 is 1.30 bits per heavy atom. The zero-order valence-electron chi connectivity index (χ0n) is 11.6. The Balaban J connectivity index is 2.20. The summed E-state index contributed by atoms with van der Waals surface area (Å²) in [7, 11) is 0. The van der Waals surface area contributed by atoms with Crippen molar-refractivity contribution >= 4 is 28.6 Å². The maximum atomic E-state index is 6.09. The second-order valence-electron chi connectivity index (χ2n) is 5.02. The molecule has 0 aliphatic heterocycles. The van der Waals surface area contributed by atoms with Crippen molar-refractivity contribution < 1.29 is 4.42 Å². The predicted molar refractivity (Wildman–Crippen MR) is 81.2 cm³/mol. The monoisotopic (exact) mass is 289 g/mol. The fourth-order valence-electron chi connectivity index (χ4n) is 2.70. The number of anilines is 1. The standard InChI is InChI=1S/C15H16ClN3O/c1-8-6-12(10(3)20-8)9(2)19-14-7-11(16)4-5-13(14)18-15(19)17/h4-7,9H,1-3H3,(H2,17,18). The van der Waals surface area contributed by atoms with E-state index in [0.29, 0.717) is 11.0 Å². The number of fused-ring (bicyclic) bond motifs is 1. The van der Waals surface area contributed by atoms with Crippen LogP contribution in [-0.2, 0) is 0 Å². The van der Waals surface area contributed by atoms with E-state index >= 15 is 0 Å². The van der Waals surface area contributed by atoms with Gasteiger partial charge in [0.2, 0.25) is 5.95 Å². The number of imidazole rings is 1. The molecule has 2 N–H and O–H groups in total. The van der Waals surface area contributed by atoms with Gasteiger partial charge in [0.25, 0.3) is 0 Å². The first-order valence-electron chi connectivity index (χ1n) is 6.47. The molecule has 1 aromatic carbocycles. The molecule has 104 valence electrons. The molecule has 0 amide bonds. The smallest absolute Gasteiger partial charge is 0.201 e. The zero-order valence-corrected chi connectivity index (χ0v) is 12.4. The lowest BCUT2D eigenvalue weighted by Crippen LogP contribution is -2.10. The quantitative estimate of drug-likeness (QED) is 0.773. The highest BCUT2D eigenvalue weighted by Gasteiger charge is 2.19. The molecule has 1 unspecified atom stereocenters. The SMILES string of the molecule is Cc1cc(C(C)n2c(N)nc3ccc(Cl)cc32)c(C)o1. The molecule has 2 aromatic heterocycles. The molecule has 3 rings (SSSR count). The lowest BCUT2D eigenvalue weighted by atomic mass is 10.1. The van der Waals surface area contributed by atoms with Crippen LogP contribution in [0.5, 0.6) is 0 Å². The van der Waals surface area contributed by atoms with Gasteiger partial charge in [-0.3, -0.25) is 0 Å². The van der Waals surface area contributed by atoms with Gasteiger partial charge in [0.15, 0.2) is 0 Å². The first-order chi connectivity index (χ1) is 9.47. The third-order valence-corrected chi connectivity index (χ3v) is 3.83. The number of aromatic nitrogens is 2. The molecule has 3 aromatic rings. The van der Waals surface area contributed by atoms with E-state index in [-0.39, 0.29) is 6.04 Å². The molecular formula is C15H16ClN3O. The molecule has 0 aliphatic carbocycles. The van der Waals surface area contributed by atoms with Crippen LogP contribution in [0.1, 0.15) is 30.0 Å². The lowest BCUT2D eigenvalue weighted by Gasteiger charge is -2.15. The summed E-state index contributed by atoms with van der Waals surface area (Å²) in [5.41, 5.74) is 8.96. The molecule has 2 heterocycles. The van der Waals surface area contributed by atoms with E-state index < -0.39 is 0 Å². The molecule has 0 fully saturated rings. The average molecular weight is 290 g/mol. The van der Waals surface area contributed by atoms with Gasteiger partial charge in [-0.2, -0.15) is 0 Å². The second-order valence-corrected chi connectivity index (χ2v) is 5.45. The highest BCUT2D eigenvalue weighted by molar-refractivity contribution is 6.31. The summed E-state index contributed by atoms with van der Waals surface area (Å²) in [6.45, 7) is 5.98. The molecule has 1 atom stereocenters. The summed E-state index contributed by atoms with van der Waals surface area (Å²) < 4.78 is 7.59. The van der Waals surface area contributed by atoms with Crippen molar-refractivity contribution in [3.05, 3.63) is 46.4 Å². The van der Waals surface area contributed by atoms with Gasteiger partial charge in [-0.25, -0.2) is 4.98 Å². The van der Waals surface area contributed by atoms with Crippen molar-refractivity contribution in [3.63, 3.8) is 0 Å². The van der Waals surface area contributed by atoms with Gasteiger partial charge in [0.1, 0.15) is 11.5 Å². The summed E-state index contributed by atoms with van der Waals surface area (Å²) in [6.07, 6.45) is 0. The Kier molecular flexibility index (Phi) is 2.98. The van der Waals surface area contributed by atoms with E-state index in [9.17, 15) is 0 Å². The summed E-state index contributed by atoms with van der Waals surface area (Å²) in [5, 5.41) is 0.672. The Bertz CT molecular complexity index is 788. The van der Waals surface area contributed by atoms with Gasteiger partial charge in [0.05, 0.1) is 17.1 Å². The maximum Gasteiger partial charge on any atom is 0.201 e. The highest BCUT2D eigenvalue weighted by Crippen LogP contribution is 2.31. The second kappa shape index (κ2) is 4.56. The van der Waals surface area contributed by atoms with Gasteiger partial charge < -0.3 is 14.7 Å². The molecule has 0 spiro atoms. The fraction of sp³-hybridized carbons (Fsp3) is 0.267. The van der Waals surface area contributed by atoms with E-state index in [2.05, 4.69) is 11.9 Å². The van der Waals surface area contributed by atoms with Crippen molar-refractivity contribution in [3.8, 4) is 0 Å². The summed E-state index contributed by atoms with van der Waals surface area (Å²) in [4.78, 5) is 4.39. The van der Waals surface area contributed by atoms with Crippen LogP contribution >= 0.6 is 11.6 Å². The summed E-state index contributed by atoms with van der Waals surface area (Å²) in [6, 6.07) is 7.66. The Labute approximate surface area is 122 Å². The van der Waals surface area contributed by atoms with Gasteiger partial charge in [-0.15, -0.1) is 0 Å². The molecule has 5 heteroatoms. The summed E-state index contributed by atoms with van der Waals surface area (Å²) in [5.74, 6) is 2.27. The minimum atomic E-state index is 0.0379. The molecular weight excluding hydrogens is 274 g/mol. The van der Waals surface area contributed by atoms with Crippen molar-refractivity contribution in [2.45, 2.75) is 26.8 Å². The minimum Gasteiger partial charge on any atom is -0.466 e. The minimum absolute atomic E-state index is 0.0379. The molecule has 4 nitrogen and oxygen atoms in total. The van der Waals surface area contributed by atoms with Gasteiger partial charge >= 0.3 is 0 Å². The Morgan fingerprint density at radius 2 is 2.05 bits per heavy atom. The van der Waals surface area contributed by atoms with Crippen LogP contribution in [0.25, 0.3) is 11.0 Å². The lowest BCUT2D eigenvalue weighted by molar-refractivity contribution is 0.495. The first-order valence-corrected chi connectivity index (χ1v) is 6.85. The van der Waals surface area contributed by atoms with Crippen LogP contribution in [0.2, 0.25) is 5.02 Å². The van der Waals surface area contributed by atoms with Crippen LogP contribution in [-0.4, -0.2) is 9.55 Å². The van der Waals surface area contributed by atoms with Crippen LogP contribution in [0.3, 0.4) is 0 Å². The van der Waals surface area contributed by atoms with Crippen molar-refractivity contribution in [2.24, 2.45) is 0 Å². The van der Waals surface area contributed by atoms with Crippen LogP contribution in [0.4, 0.5) is 5.95 Å². The Morgan fingerprint density at radius 3 is 2.70 bits per heavy atom. The topological polar surface area (TPSA) is 57.0 Å². The van der Waals surface area contributed by atoms with E-state index in [1.54, 1.807) is 0 Å². The number of rotatable bonds is 2. The number of hydrogen-bond acceptors (Lipinski definition) is 3. The molecule has 20 heavy (non-hydrogen) atoms. The summed E-state index contributed by atoms with van der Waals surface area (Å²) >= 11 is 6.09. The number of nitrogens with two attached hydrogens (primary N) is 1. The average Bonchev–Trinajstić information content (AvgIpc) is 2.87. The number of nitrogen functional groups attached to an aromatic ring is 1. The molecule has 0 radical (unpaired) electrons. The molecule has 0 aliphatic rings. The maximum absolute atomic E-state index is 6.09. The van der Waals surface area contributed by atoms with E-state index in [4.69, 9.17) is 21.8 Å². The van der Waals surface area contributed by atoms with Crippen molar-refractivity contribution in [1.82, 2.24) is 9.55 Å². The van der Waals surface area contributed by atoms with E-state index in [1.165, 1.54) is 0 Å². The number of aryl methyl sites for hydroxylation is 2. The van der Waals surface area contributed by atoms with Gasteiger partial charge in [-0.1, -0.05) is 11.6 Å². The largest absolute Gasteiger partial charge is 0.466 e. The molecule has 0 saturated carbocycles. The first kappa shape index (κ1) is 13.1. The highest BCUT2D eigenvalue weighted by atomic mass is 35.5. The van der Waals surface area contributed by atoms with Crippen LogP contribution in [0.15, 0.2) is 28.7 Å². The number of nitrogens with zero attached hydrogens (tertiary/aromatic N) is 2. The van der Waals surface area contributed by atoms with Gasteiger partial charge in [0, 0.05) is 10.6 Å². The number of halogens is 1. The van der Waals surface area contributed by atoms with Crippen molar-refractivity contribution in [1.29, 1.82) is 0 Å². The number of hydrogen-bond donors (Lipinski definition) is 1. The molecule has 0 saturated heterocycles. The zero-order chi connectivity index (χ0) is 14.4. The predicted octanol–water partition coefficient (Wildman–Crippen LogP) is 4.09. The molecule has 0 bridgehead atoms. The van der Waals surface area contributed by atoms with Crippen LogP contribution < -0.4 is 5.73 Å². The normalized spacial score (nSPS) is 13.0. The van der Waals surface area contributed by atoms with E-state index in [1.807, 2.05) is 42.7 Å². The van der Waals surface area contributed by atoms with Crippen molar-refractivity contribution in [2.75, 3.05) is 5.73 Å². The number of furan rings is 1. The van der Waals surface area contributed by atoms with Gasteiger partial charge in [-0.05, 0) is 45.0 Å². The Hall–Kier alpha value is -1.94.